The monoisotopic (exact) mass is 335 g/mol. The summed E-state index contributed by atoms with van der Waals surface area (Å²) in [7, 11) is 0. The highest BCUT2D eigenvalue weighted by molar-refractivity contribution is 7.18. The Bertz CT molecular complexity index is 634. The molecule has 3 N–H and O–H groups in total. The molecule has 2 aromatic rings. The van der Waals surface area contributed by atoms with E-state index in [1.54, 1.807) is 11.3 Å². The number of benzene rings is 1. The van der Waals surface area contributed by atoms with Crippen LogP contribution in [0.1, 0.15) is 32.7 Å². The minimum atomic E-state index is -0.466. The van der Waals surface area contributed by atoms with Gasteiger partial charge in [0.2, 0.25) is 0 Å². The van der Waals surface area contributed by atoms with Gasteiger partial charge in [-0.2, -0.15) is 0 Å². The third-order valence-electron chi connectivity index (χ3n) is 3.88. The number of carbonyl (C=O) groups excluding carboxylic acids is 1. The largest absolute Gasteiger partial charge is 0.392 e. The molecule has 0 fully saturated rings. The number of fused-ring (bicyclic) bond motifs is 1. The van der Waals surface area contributed by atoms with Crippen LogP contribution in [-0.4, -0.2) is 28.8 Å². The SMILES string of the molecule is CC(C)C(O)C(C)(C)CNC(=O)NCc1nc2ccccc2s1. The first-order valence-electron chi connectivity index (χ1n) is 7.84. The standard InChI is InChI=1S/C17H25N3O2S/c1-11(2)15(21)17(3,4)10-19-16(22)18-9-14-20-12-7-5-6-8-13(12)23-14/h5-8,11,15,21H,9-10H2,1-4H3,(H2,18,19,22). The molecule has 0 aliphatic heterocycles. The molecule has 0 spiro atoms. The van der Waals surface area contributed by atoms with Crippen LogP contribution < -0.4 is 10.6 Å². The zero-order chi connectivity index (χ0) is 17.0. The number of para-hydroxylation sites is 1. The Labute approximate surface area is 141 Å². The molecule has 6 heteroatoms. The molecule has 1 aromatic carbocycles. The maximum Gasteiger partial charge on any atom is 0.315 e. The van der Waals surface area contributed by atoms with Crippen LogP contribution in [0.4, 0.5) is 4.79 Å². The minimum Gasteiger partial charge on any atom is -0.392 e. The van der Waals surface area contributed by atoms with Crippen molar-refractivity contribution in [1.29, 1.82) is 0 Å². The third-order valence-corrected chi connectivity index (χ3v) is 4.91. The lowest BCUT2D eigenvalue weighted by atomic mass is 9.81. The van der Waals surface area contributed by atoms with Crippen molar-refractivity contribution in [3.8, 4) is 0 Å². The van der Waals surface area contributed by atoms with E-state index in [9.17, 15) is 9.90 Å². The second kappa shape index (κ2) is 7.27. The van der Waals surface area contributed by atoms with Crippen molar-refractivity contribution in [1.82, 2.24) is 15.6 Å². The Morgan fingerprint density at radius 2 is 2.00 bits per heavy atom. The normalized spacial score (nSPS) is 13.3. The molecule has 5 nitrogen and oxygen atoms in total. The van der Waals surface area contributed by atoms with Gasteiger partial charge in [0, 0.05) is 12.0 Å². The summed E-state index contributed by atoms with van der Waals surface area (Å²) in [6.07, 6.45) is -0.466. The van der Waals surface area contributed by atoms with Crippen molar-refractivity contribution in [3.63, 3.8) is 0 Å². The smallest absolute Gasteiger partial charge is 0.315 e. The van der Waals surface area contributed by atoms with Crippen LogP contribution in [0.5, 0.6) is 0 Å². The van der Waals surface area contributed by atoms with Gasteiger partial charge in [-0.25, -0.2) is 9.78 Å². The lowest BCUT2D eigenvalue weighted by Gasteiger charge is -2.33. The fourth-order valence-corrected chi connectivity index (χ4v) is 3.44. The van der Waals surface area contributed by atoms with Crippen molar-refractivity contribution in [2.45, 2.75) is 40.3 Å². The molecule has 0 aliphatic carbocycles. The molecule has 2 rings (SSSR count). The molecule has 23 heavy (non-hydrogen) atoms. The Morgan fingerprint density at radius 3 is 2.65 bits per heavy atom. The van der Waals surface area contributed by atoms with E-state index in [0.717, 1.165) is 15.2 Å². The van der Waals surface area contributed by atoms with Crippen molar-refractivity contribution >= 4 is 27.6 Å². The summed E-state index contributed by atoms with van der Waals surface area (Å²) in [5.74, 6) is 0.151. The molecule has 0 bridgehead atoms. The van der Waals surface area contributed by atoms with Gasteiger partial charge in [-0.15, -0.1) is 11.3 Å². The molecule has 0 saturated heterocycles. The maximum atomic E-state index is 11.9. The Balaban J connectivity index is 1.83. The Hall–Kier alpha value is -1.66. The van der Waals surface area contributed by atoms with Crippen LogP contribution in [0, 0.1) is 11.3 Å². The fraction of sp³-hybridized carbons (Fsp3) is 0.529. The minimum absolute atomic E-state index is 0.151. The summed E-state index contributed by atoms with van der Waals surface area (Å²) in [4.78, 5) is 16.4. The number of urea groups is 1. The number of aromatic nitrogens is 1. The lowest BCUT2D eigenvalue weighted by molar-refractivity contribution is 0.0151. The number of hydrogen-bond donors (Lipinski definition) is 3. The van der Waals surface area contributed by atoms with Gasteiger partial charge in [-0.3, -0.25) is 0 Å². The van der Waals surface area contributed by atoms with E-state index in [1.165, 1.54) is 0 Å². The van der Waals surface area contributed by atoms with Crippen LogP contribution in [0.25, 0.3) is 10.2 Å². The predicted octanol–water partition coefficient (Wildman–Crippen LogP) is 3.14. The van der Waals surface area contributed by atoms with Gasteiger partial charge in [0.1, 0.15) is 5.01 Å². The summed E-state index contributed by atoms with van der Waals surface area (Å²) in [5.41, 5.74) is 0.581. The van der Waals surface area contributed by atoms with Crippen molar-refractivity contribution in [2.75, 3.05) is 6.54 Å². The van der Waals surface area contributed by atoms with E-state index in [1.807, 2.05) is 52.0 Å². The number of rotatable bonds is 6. The predicted molar refractivity (Wildman–Crippen MR) is 94.5 cm³/mol. The van der Waals surface area contributed by atoms with Gasteiger partial charge in [0.25, 0.3) is 0 Å². The number of nitrogens with one attached hydrogen (secondary N) is 2. The van der Waals surface area contributed by atoms with Gasteiger partial charge in [-0.05, 0) is 18.1 Å². The molecule has 2 amide bonds. The third kappa shape index (κ3) is 4.65. The number of aliphatic hydroxyl groups excluding tert-OH is 1. The van der Waals surface area contributed by atoms with E-state index in [-0.39, 0.29) is 17.4 Å². The number of thiazole rings is 1. The Kier molecular flexibility index (Phi) is 5.59. The van der Waals surface area contributed by atoms with E-state index >= 15 is 0 Å². The highest BCUT2D eigenvalue weighted by Crippen LogP contribution is 2.25. The number of hydrogen-bond acceptors (Lipinski definition) is 4. The number of amides is 2. The number of carbonyl (C=O) groups is 1. The topological polar surface area (TPSA) is 74.2 Å². The van der Waals surface area contributed by atoms with E-state index in [0.29, 0.717) is 13.1 Å². The molecular formula is C17H25N3O2S. The molecule has 1 atom stereocenters. The van der Waals surface area contributed by atoms with Gasteiger partial charge >= 0.3 is 6.03 Å². The zero-order valence-electron chi connectivity index (χ0n) is 14.1. The van der Waals surface area contributed by atoms with E-state index in [4.69, 9.17) is 0 Å². The molecule has 1 heterocycles. The van der Waals surface area contributed by atoms with Crippen LogP contribution in [0.2, 0.25) is 0 Å². The second-order valence-corrected chi connectivity index (χ2v) is 7.90. The van der Waals surface area contributed by atoms with Gasteiger partial charge in [0.05, 0.1) is 22.9 Å². The molecule has 0 aliphatic rings. The summed E-state index contributed by atoms with van der Waals surface area (Å²) < 4.78 is 1.12. The maximum absolute atomic E-state index is 11.9. The summed E-state index contributed by atoms with van der Waals surface area (Å²) in [5, 5.41) is 16.7. The van der Waals surface area contributed by atoms with E-state index < -0.39 is 6.10 Å². The Morgan fingerprint density at radius 1 is 1.30 bits per heavy atom. The van der Waals surface area contributed by atoms with Crippen LogP contribution in [0.15, 0.2) is 24.3 Å². The molecular weight excluding hydrogens is 310 g/mol. The average Bonchev–Trinajstić information content (AvgIpc) is 2.93. The average molecular weight is 335 g/mol. The first kappa shape index (κ1) is 17.7. The second-order valence-electron chi connectivity index (χ2n) is 6.79. The number of nitrogens with zero attached hydrogens (tertiary/aromatic N) is 1. The molecule has 1 aromatic heterocycles. The quantitative estimate of drug-likeness (QED) is 0.759. The number of aliphatic hydroxyl groups is 1. The molecule has 1 unspecified atom stereocenters. The molecule has 126 valence electrons. The molecule has 0 saturated carbocycles. The van der Waals surface area contributed by atoms with Gasteiger partial charge < -0.3 is 15.7 Å². The molecule has 0 radical (unpaired) electrons. The summed E-state index contributed by atoms with van der Waals surface area (Å²) >= 11 is 1.58. The first-order chi connectivity index (χ1) is 10.8. The van der Waals surface area contributed by atoms with Gasteiger partial charge in [-0.1, -0.05) is 39.8 Å². The van der Waals surface area contributed by atoms with E-state index in [2.05, 4.69) is 15.6 Å². The first-order valence-corrected chi connectivity index (χ1v) is 8.65. The van der Waals surface area contributed by atoms with Crippen LogP contribution in [-0.2, 0) is 6.54 Å². The zero-order valence-corrected chi connectivity index (χ0v) is 14.9. The van der Waals surface area contributed by atoms with Crippen molar-refractivity contribution in [3.05, 3.63) is 29.3 Å². The van der Waals surface area contributed by atoms with Crippen LogP contribution >= 0.6 is 11.3 Å². The van der Waals surface area contributed by atoms with Crippen molar-refractivity contribution in [2.24, 2.45) is 11.3 Å². The highest BCUT2D eigenvalue weighted by atomic mass is 32.1. The summed E-state index contributed by atoms with van der Waals surface area (Å²) in [6.45, 7) is 8.66. The van der Waals surface area contributed by atoms with Crippen LogP contribution in [0.3, 0.4) is 0 Å². The summed E-state index contributed by atoms with van der Waals surface area (Å²) in [6, 6.07) is 7.67. The van der Waals surface area contributed by atoms with Gasteiger partial charge in [0.15, 0.2) is 0 Å². The highest BCUT2D eigenvalue weighted by Gasteiger charge is 2.30. The van der Waals surface area contributed by atoms with Crippen molar-refractivity contribution < 1.29 is 9.90 Å². The lowest BCUT2D eigenvalue weighted by Crippen LogP contribution is -2.46. The fourth-order valence-electron chi connectivity index (χ4n) is 2.53.